The van der Waals surface area contributed by atoms with Crippen LogP contribution in [0.15, 0.2) is 24.3 Å². The van der Waals surface area contributed by atoms with Crippen molar-refractivity contribution in [3.63, 3.8) is 0 Å². The third-order valence-corrected chi connectivity index (χ3v) is 4.60. The molecule has 1 aromatic carbocycles. The van der Waals surface area contributed by atoms with Crippen molar-refractivity contribution in [3.8, 4) is 0 Å². The van der Waals surface area contributed by atoms with Crippen LogP contribution in [0.3, 0.4) is 0 Å². The summed E-state index contributed by atoms with van der Waals surface area (Å²) in [5.41, 5.74) is 3.22. The molecule has 1 saturated heterocycles. The number of piperidine rings is 1. The normalized spacial score (nSPS) is 24.3. The first-order chi connectivity index (χ1) is 9.34. The quantitative estimate of drug-likeness (QED) is 0.698. The molecule has 106 valence electrons. The van der Waals surface area contributed by atoms with E-state index in [0.717, 1.165) is 5.92 Å². The van der Waals surface area contributed by atoms with E-state index in [1.54, 1.807) is 11.1 Å². The van der Waals surface area contributed by atoms with Crippen LogP contribution in [0.1, 0.15) is 63.6 Å². The van der Waals surface area contributed by atoms with Gasteiger partial charge in [0, 0.05) is 6.04 Å². The lowest BCUT2D eigenvalue weighted by Gasteiger charge is -2.39. The van der Waals surface area contributed by atoms with Gasteiger partial charge in [0.15, 0.2) is 0 Å². The summed E-state index contributed by atoms with van der Waals surface area (Å²) in [6.07, 6.45) is 6.80. The molecule has 1 heterocycles. The molecule has 0 amide bonds. The molecule has 1 aliphatic carbocycles. The monoisotopic (exact) mass is 259 g/mol. The molecule has 0 bridgehead atoms. The minimum absolute atomic E-state index is 0.715. The van der Waals surface area contributed by atoms with E-state index in [2.05, 4.69) is 36.1 Å². The third-order valence-electron chi connectivity index (χ3n) is 4.60. The Morgan fingerprint density at radius 2 is 1.68 bits per heavy atom. The summed E-state index contributed by atoms with van der Waals surface area (Å²) in [4.78, 5) is 2.73. The van der Waals surface area contributed by atoms with Crippen molar-refractivity contribution >= 4 is 0 Å². The molecule has 1 fully saturated rings. The third kappa shape index (κ3) is 3.39. The second kappa shape index (κ2) is 7.09. The van der Waals surface area contributed by atoms with Gasteiger partial charge in [0.1, 0.15) is 0 Å². The minimum atomic E-state index is 0.715. The van der Waals surface area contributed by atoms with Crippen molar-refractivity contribution in [2.45, 2.75) is 58.9 Å². The average molecular weight is 259 g/mol. The molecule has 3 rings (SSSR count). The molecule has 1 atom stereocenters. The molecule has 0 radical (unpaired) electrons. The van der Waals surface area contributed by atoms with E-state index in [-0.39, 0.29) is 0 Å². The second-order valence-corrected chi connectivity index (χ2v) is 5.83. The fourth-order valence-electron chi connectivity index (χ4n) is 3.45. The standard InChI is InChI=1S/C16H23N.C2H6/c1-13-9-11-17(12-10-13)16-8-4-6-14-5-2-3-7-15(14)16;1-2/h2-3,5,7,13,16H,4,6,8-12H2,1H3;1-2H3. The number of hydrogen-bond donors (Lipinski definition) is 0. The highest BCUT2D eigenvalue weighted by Crippen LogP contribution is 2.36. The Bertz CT molecular complexity index is 377. The predicted molar refractivity (Wildman–Crippen MR) is 83.4 cm³/mol. The smallest absolute Gasteiger partial charge is 0.0350 e. The van der Waals surface area contributed by atoms with Crippen LogP contribution in [0.5, 0.6) is 0 Å². The van der Waals surface area contributed by atoms with Crippen molar-refractivity contribution in [1.82, 2.24) is 4.90 Å². The molecule has 1 unspecified atom stereocenters. The molecule has 0 spiro atoms. The predicted octanol–water partition coefficient (Wildman–Crippen LogP) is 4.82. The largest absolute Gasteiger partial charge is 0.296 e. The lowest BCUT2D eigenvalue weighted by molar-refractivity contribution is 0.125. The summed E-state index contributed by atoms with van der Waals surface area (Å²) in [6, 6.07) is 9.81. The number of rotatable bonds is 1. The average Bonchev–Trinajstić information content (AvgIpc) is 2.50. The SMILES string of the molecule is CC.CC1CCN(C2CCCc3ccccc32)CC1. The zero-order chi connectivity index (χ0) is 13.7. The summed E-state index contributed by atoms with van der Waals surface area (Å²) in [5.74, 6) is 0.935. The number of aryl methyl sites for hydroxylation is 1. The molecule has 0 aromatic heterocycles. The van der Waals surface area contributed by atoms with E-state index in [1.165, 1.54) is 45.2 Å². The highest BCUT2D eigenvalue weighted by atomic mass is 15.2. The molecule has 0 saturated carbocycles. The first kappa shape index (κ1) is 14.6. The minimum Gasteiger partial charge on any atom is -0.296 e. The number of fused-ring (bicyclic) bond motifs is 1. The van der Waals surface area contributed by atoms with E-state index in [9.17, 15) is 0 Å². The van der Waals surface area contributed by atoms with E-state index >= 15 is 0 Å². The molecule has 1 aromatic rings. The van der Waals surface area contributed by atoms with Crippen LogP contribution in [-0.2, 0) is 6.42 Å². The summed E-state index contributed by atoms with van der Waals surface area (Å²) < 4.78 is 0. The Hall–Kier alpha value is -0.820. The van der Waals surface area contributed by atoms with Crippen molar-refractivity contribution in [2.24, 2.45) is 5.92 Å². The van der Waals surface area contributed by atoms with Crippen molar-refractivity contribution < 1.29 is 0 Å². The summed E-state index contributed by atoms with van der Waals surface area (Å²) in [6.45, 7) is 9.01. The van der Waals surface area contributed by atoms with Crippen LogP contribution in [0.2, 0.25) is 0 Å². The fourth-order valence-corrected chi connectivity index (χ4v) is 3.45. The van der Waals surface area contributed by atoms with Gasteiger partial charge in [0.2, 0.25) is 0 Å². The summed E-state index contributed by atoms with van der Waals surface area (Å²) in [7, 11) is 0. The maximum absolute atomic E-state index is 2.73. The Labute approximate surface area is 119 Å². The van der Waals surface area contributed by atoms with Crippen LogP contribution in [0.25, 0.3) is 0 Å². The molecular formula is C18H29N. The van der Waals surface area contributed by atoms with Crippen LogP contribution in [0, 0.1) is 5.92 Å². The van der Waals surface area contributed by atoms with Crippen LogP contribution in [-0.4, -0.2) is 18.0 Å². The van der Waals surface area contributed by atoms with Crippen LogP contribution in [0.4, 0.5) is 0 Å². The van der Waals surface area contributed by atoms with Gasteiger partial charge in [-0.3, -0.25) is 4.90 Å². The first-order valence-electron chi connectivity index (χ1n) is 8.16. The van der Waals surface area contributed by atoms with E-state index < -0.39 is 0 Å². The highest BCUT2D eigenvalue weighted by Gasteiger charge is 2.27. The number of hydrogen-bond acceptors (Lipinski definition) is 1. The lowest BCUT2D eigenvalue weighted by atomic mass is 9.85. The zero-order valence-electron chi connectivity index (χ0n) is 12.9. The van der Waals surface area contributed by atoms with Gasteiger partial charge in [0.25, 0.3) is 0 Å². The maximum atomic E-state index is 2.73. The zero-order valence-corrected chi connectivity index (χ0v) is 12.9. The van der Waals surface area contributed by atoms with Gasteiger partial charge in [-0.15, -0.1) is 0 Å². The van der Waals surface area contributed by atoms with Crippen molar-refractivity contribution in [3.05, 3.63) is 35.4 Å². The molecule has 19 heavy (non-hydrogen) atoms. The van der Waals surface area contributed by atoms with Gasteiger partial charge in [-0.05, 0) is 62.2 Å². The van der Waals surface area contributed by atoms with Crippen LogP contribution >= 0.6 is 0 Å². The topological polar surface area (TPSA) is 3.24 Å². The van der Waals surface area contributed by atoms with Crippen LogP contribution < -0.4 is 0 Å². The fraction of sp³-hybridized carbons (Fsp3) is 0.667. The van der Waals surface area contributed by atoms with Crippen molar-refractivity contribution in [1.29, 1.82) is 0 Å². The molecular weight excluding hydrogens is 230 g/mol. The Balaban J connectivity index is 0.000000637. The van der Waals surface area contributed by atoms with Gasteiger partial charge >= 0.3 is 0 Å². The van der Waals surface area contributed by atoms with Gasteiger partial charge in [-0.25, -0.2) is 0 Å². The lowest BCUT2D eigenvalue weighted by Crippen LogP contribution is -2.37. The van der Waals surface area contributed by atoms with Crippen molar-refractivity contribution in [2.75, 3.05) is 13.1 Å². The summed E-state index contributed by atoms with van der Waals surface area (Å²) >= 11 is 0. The van der Waals surface area contributed by atoms with Gasteiger partial charge in [-0.2, -0.15) is 0 Å². The maximum Gasteiger partial charge on any atom is 0.0350 e. The Morgan fingerprint density at radius 1 is 1.00 bits per heavy atom. The summed E-state index contributed by atoms with van der Waals surface area (Å²) in [5, 5.41) is 0. The number of nitrogens with zero attached hydrogens (tertiary/aromatic N) is 1. The molecule has 1 aliphatic heterocycles. The van der Waals surface area contributed by atoms with E-state index in [0.29, 0.717) is 6.04 Å². The van der Waals surface area contributed by atoms with E-state index in [1.807, 2.05) is 13.8 Å². The number of likely N-dealkylation sites (tertiary alicyclic amines) is 1. The first-order valence-corrected chi connectivity index (χ1v) is 8.16. The molecule has 1 nitrogen and oxygen atoms in total. The van der Waals surface area contributed by atoms with Gasteiger partial charge in [-0.1, -0.05) is 45.0 Å². The number of benzene rings is 1. The molecule has 0 N–H and O–H groups in total. The molecule has 1 heteroatoms. The Kier molecular flexibility index (Phi) is 5.45. The highest BCUT2D eigenvalue weighted by molar-refractivity contribution is 5.32. The van der Waals surface area contributed by atoms with Gasteiger partial charge in [0.05, 0.1) is 0 Å². The van der Waals surface area contributed by atoms with Gasteiger partial charge < -0.3 is 0 Å². The second-order valence-electron chi connectivity index (χ2n) is 5.83. The van der Waals surface area contributed by atoms with E-state index in [4.69, 9.17) is 0 Å². The molecule has 2 aliphatic rings. The Morgan fingerprint density at radius 3 is 2.42 bits per heavy atom.